The Balaban J connectivity index is 1.04. The smallest absolute Gasteiger partial charge is 0.251 e. The van der Waals surface area contributed by atoms with E-state index in [-0.39, 0.29) is 42.3 Å². The number of sulfonamides is 1. The molecule has 0 spiro atoms. The van der Waals surface area contributed by atoms with Crippen LogP contribution in [0.4, 0.5) is 5.82 Å². The normalized spacial score (nSPS) is 12.5. The van der Waals surface area contributed by atoms with E-state index in [1.165, 1.54) is 6.07 Å². The van der Waals surface area contributed by atoms with E-state index in [0.29, 0.717) is 35.6 Å². The van der Waals surface area contributed by atoms with Gasteiger partial charge in [-0.3, -0.25) is 9.59 Å². The van der Waals surface area contributed by atoms with Gasteiger partial charge in [-0.15, -0.1) is 0 Å². The molecule has 11 nitrogen and oxygen atoms in total. The third-order valence-electron chi connectivity index (χ3n) is 8.43. The standard InChI is InChI=1S/C40H44N6O5S/c1-28(42-27-37(47)35-17-18-38(41)43-26-35)19-31-9-5-10-32(20-31)22-39(48)44-23-30-13-15-34(16-14-30)40(49)45-24-33-11-6-12-36(21-33)52(50,51)46-25-29-7-3-2-4-8-29/h2-18,20-21,26,28,37,42,46-47H,19,22-25,27H2,1H3,(H2,41,43)(H,44,48)(H,45,49)/t28-,37+/m1/s1. The van der Waals surface area contributed by atoms with Gasteiger partial charge in [-0.25, -0.2) is 18.1 Å². The SMILES string of the molecule is C[C@H](Cc1cccc(CC(=O)NCc2ccc(C(=O)NCc3cccc(S(=O)(=O)NCc4ccccc4)c3)cc2)c1)NC[C@H](O)c1ccc(N)nc1. The van der Waals surface area contributed by atoms with Crippen LogP contribution in [0.2, 0.25) is 0 Å². The summed E-state index contributed by atoms with van der Waals surface area (Å²) < 4.78 is 28.3. The topological polar surface area (TPSA) is 176 Å². The fourth-order valence-corrected chi connectivity index (χ4v) is 6.61. The molecule has 0 unspecified atom stereocenters. The van der Waals surface area contributed by atoms with Gasteiger partial charge in [0.2, 0.25) is 15.9 Å². The van der Waals surface area contributed by atoms with Gasteiger partial charge in [-0.05, 0) is 71.5 Å². The number of rotatable bonds is 17. The van der Waals surface area contributed by atoms with Crippen molar-refractivity contribution in [3.63, 3.8) is 0 Å². The zero-order valence-electron chi connectivity index (χ0n) is 29.0. The Kier molecular flexibility index (Phi) is 13.2. The maximum absolute atomic E-state index is 12.8. The summed E-state index contributed by atoms with van der Waals surface area (Å²) in [6, 6.07) is 34.1. The number of amides is 2. The van der Waals surface area contributed by atoms with E-state index in [1.54, 1.807) is 60.8 Å². The van der Waals surface area contributed by atoms with Crippen molar-refractivity contribution in [2.24, 2.45) is 0 Å². The zero-order valence-corrected chi connectivity index (χ0v) is 29.8. The molecule has 2 amide bonds. The molecule has 0 bridgehead atoms. The second-order valence-corrected chi connectivity index (χ2v) is 14.4. The molecule has 12 heteroatoms. The van der Waals surface area contributed by atoms with E-state index in [0.717, 1.165) is 28.7 Å². The number of carbonyl (C=O) groups is 2. The van der Waals surface area contributed by atoms with Crippen molar-refractivity contribution in [3.8, 4) is 0 Å². The Morgan fingerprint density at radius 1 is 0.750 bits per heavy atom. The molecule has 52 heavy (non-hydrogen) atoms. The summed E-state index contributed by atoms with van der Waals surface area (Å²) in [6.07, 6.45) is 1.83. The van der Waals surface area contributed by atoms with Crippen LogP contribution in [0.3, 0.4) is 0 Å². The lowest BCUT2D eigenvalue weighted by molar-refractivity contribution is -0.120. The zero-order chi connectivity index (χ0) is 36.9. The summed E-state index contributed by atoms with van der Waals surface area (Å²) in [5, 5.41) is 19.6. The summed E-state index contributed by atoms with van der Waals surface area (Å²) in [5.41, 5.74) is 11.1. The molecule has 0 aliphatic heterocycles. The van der Waals surface area contributed by atoms with E-state index < -0.39 is 16.1 Å². The van der Waals surface area contributed by atoms with Crippen LogP contribution < -0.4 is 26.4 Å². The van der Waals surface area contributed by atoms with Crippen molar-refractivity contribution in [1.82, 2.24) is 25.7 Å². The Hall–Kier alpha value is -5.40. The fourth-order valence-electron chi connectivity index (χ4n) is 5.52. The monoisotopic (exact) mass is 720 g/mol. The van der Waals surface area contributed by atoms with Crippen molar-refractivity contribution in [2.45, 2.75) is 56.4 Å². The van der Waals surface area contributed by atoms with Crippen LogP contribution in [0.15, 0.2) is 126 Å². The number of hydrogen-bond acceptors (Lipinski definition) is 8. The molecular formula is C40H44N6O5S. The summed E-state index contributed by atoms with van der Waals surface area (Å²) >= 11 is 0. The number of carbonyl (C=O) groups excluding carboxylic acids is 2. The molecule has 0 aliphatic rings. The molecule has 0 saturated carbocycles. The van der Waals surface area contributed by atoms with Crippen molar-refractivity contribution >= 4 is 27.7 Å². The Morgan fingerprint density at radius 2 is 1.42 bits per heavy atom. The maximum atomic E-state index is 12.8. The van der Waals surface area contributed by atoms with Crippen LogP contribution in [0.25, 0.3) is 0 Å². The molecular weight excluding hydrogens is 677 g/mol. The van der Waals surface area contributed by atoms with E-state index >= 15 is 0 Å². The fraction of sp³-hybridized carbons (Fsp3) is 0.225. The van der Waals surface area contributed by atoms with Crippen LogP contribution >= 0.6 is 0 Å². The van der Waals surface area contributed by atoms with E-state index in [9.17, 15) is 23.1 Å². The first-order valence-electron chi connectivity index (χ1n) is 17.0. The lowest BCUT2D eigenvalue weighted by Gasteiger charge is -2.18. The first-order chi connectivity index (χ1) is 25.0. The van der Waals surface area contributed by atoms with Crippen molar-refractivity contribution in [1.29, 1.82) is 0 Å². The average molecular weight is 721 g/mol. The molecule has 4 aromatic carbocycles. The lowest BCUT2D eigenvalue weighted by Crippen LogP contribution is -2.32. The number of nitrogens with zero attached hydrogens (tertiary/aromatic N) is 1. The molecule has 0 radical (unpaired) electrons. The molecule has 0 fully saturated rings. The summed E-state index contributed by atoms with van der Waals surface area (Å²) in [6.45, 7) is 3.06. The minimum atomic E-state index is -3.73. The number of anilines is 1. The predicted octanol–water partition coefficient (Wildman–Crippen LogP) is 4.19. The maximum Gasteiger partial charge on any atom is 0.251 e. The van der Waals surface area contributed by atoms with Crippen molar-refractivity contribution in [3.05, 3.63) is 160 Å². The van der Waals surface area contributed by atoms with Gasteiger partial charge >= 0.3 is 0 Å². The van der Waals surface area contributed by atoms with Gasteiger partial charge in [0, 0.05) is 49.5 Å². The number of hydrogen-bond donors (Lipinski definition) is 6. The van der Waals surface area contributed by atoms with Gasteiger partial charge in [0.1, 0.15) is 5.82 Å². The summed E-state index contributed by atoms with van der Waals surface area (Å²) in [7, 11) is -3.73. The van der Waals surface area contributed by atoms with Crippen LogP contribution in [-0.2, 0) is 47.3 Å². The molecule has 2 atom stereocenters. The number of nitrogens with one attached hydrogen (secondary N) is 4. The van der Waals surface area contributed by atoms with Crippen LogP contribution in [0.1, 0.15) is 56.8 Å². The van der Waals surface area contributed by atoms with Gasteiger partial charge in [0.05, 0.1) is 17.4 Å². The Morgan fingerprint density at radius 3 is 2.17 bits per heavy atom. The van der Waals surface area contributed by atoms with Gasteiger partial charge in [-0.1, -0.05) is 84.9 Å². The minimum absolute atomic E-state index is 0.0912. The van der Waals surface area contributed by atoms with Gasteiger partial charge < -0.3 is 26.8 Å². The highest BCUT2D eigenvalue weighted by atomic mass is 32.2. The third-order valence-corrected chi connectivity index (χ3v) is 9.83. The van der Waals surface area contributed by atoms with Crippen LogP contribution in [0, 0.1) is 0 Å². The molecule has 7 N–H and O–H groups in total. The minimum Gasteiger partial charge on any atom is -0.387 e. The van der Waals surface area contributed by atoms with Crippen LogP contribution in [-0.4, -0.2) is 42.9 Å². The number of aliphatic hydroxyl groups excluding tert-OH is 1. The average Bonchev–Trinajstić information content (AvgIpc) is 3.15. The second kappa shape index (κ2) is 18.2. The predicted molar refractivity (Wildman–Crippen MR) is 201 cm³/mol. The third kappa shape index (κ3) is 11.6. The van der Waals surface area contributed by atoms with Crippen molar-refractivity contribution in [2.75, 3.05) is 12.3 Å². The Labute approximate surface area is 304 Å². The largest absolute Gasteiger partial charge is 0.387 e. The molecule has 5 rings (SSSR count). The first kappa shape index (κ1) is 37.8. The Bertz CT molecular complexity index is 2040. The van der Waals surface area contributed by atoms with Gasteiger partial charge in [0.15, 0.2) is 0 Å². The number of pyridine rings is 1. The number of nitrogen functional groups attached to an aromatic ring is 1. The summed E-state index contributed by atoms with van der Waals surface area (Å²) in [5.74, 6) is -0.0134. The highest BCUT2D eigenvalue weighted by molar-refractivity contribution is 7.89. The van der Waals surface area contributed by atoms with Gasteiger partial charge in [0.25, 0.3) is 5.91 Å². The highest BCUT2D eigenvalue weighted by Crippen LogP contribution is 2.15. The lowest BCUT2D eigenvalue weighted by atomic mass is 10.0. The van der Waals surface area contributed by atoms with E-state index in [2.05, 4.69) is 25.7 Å². The highest BCUT2D eigenvalue weighted by Gasteiger charge is 2.15. The molecule has 0 saturated heterocycles. The van der Waals surface area contributed by atoms with Gasteiger partial charge in [-0.2, -0.15) is 0 Å². The van der Waals surface area contributed by atoms with Crippen LogP contribution in [0.5, 0.6) is 0 Å². The van der Waals surface area contributed by atoms with E-state index in [1.807, 2.05) is 61.5 Å². The number of aromatic nitrogens is 1. The molecule has 270 valence electrons. The number of aliphatic hydroxyl groups is 1. The number of nitrogens with two attached hydrogens (primary N) is 1. The number of benzene rings is 4. The second-order valence-electron chi connectivity index (χ2n) is 12.7. The molecule has 5 aromatic rings. The summed E-state index contributed by atoms with van der Waals surface area (Å²) in [4.78, 5) is 29.8. The molecule has 1 heterocycles. The molecule has 1 aromatic heterocycles. The molecule has 0 aliphatic carbocycles. The van der Waals surface area contributed by atoms with Crippen molar-refractivity contribution < 1.29 is 23.1 Å². The quantitative estimate of drug-likeness (QED) is 0.0830. The first-order valence-corrected chi connectivity index (χ1v) is 18.5. The van der Waals surface area contributed by atoms with E-state index in [4.69, 9.17) is 5.73 Å².